The standard InChI is InChI=1S/C14H27N3/c1-3-4-5-6-7-8-9-10-13(15)14-11-17(2)12-16-14/h11-13H,3-10,15H2,1-2H3. The molecule has 98 valence electrons. The van der Waals surface area contributed by atoms with Crippen LogP contribution in [0.3, 0.4) is 0 Å². The average Bonchev–Trinajstić information content (AvgIpc) is 2.74. The lowest BCUT2D eigenvalue weighted by Crippen LogP contribution is -2.10. The van der Waals surface area contributed by atoms with Gasteiger partial charge in [0, 0.05) is 19.3 Å². The molecular formula is C14H27N3. The van der Waals surface area contributed by atoms with Crippen molar-refractivity contribution in [1.82, 2.24) is 9.55 Å². The summed E-state index contributed by atoms with van der Waals surface area (Å²) < 4.78 is 1.96. The Morgan fingerprint density at radius 3 is 2.41 bits per heavy atom. The molecule has 1 aromatic heterocycles. The minimum Gasteiger partial charge on any atom is -0.340 e. The molecule has 0 fully saturated rings. The smallest absolute Gasteiger partial charge is 0.0947 e. The third-order valence-electron chi connectivity index (χ3n) is 3.22. The first kappa shape index (κ1) is 14.2. The van der Waals surface area contributed by atoms with Crippen molar-refractivity contribution in [3.8, 4) is 0 Å². The van der Waals surface area contributed by atoms with Gasteiger partial charge in [-0.15, -0.1) is 0 Å². The van der Waals surface area contributed by atoms with E-state index < -0.39 is 0 Å². The van der Waals surface area contributed by atoms with Crippen molar-refractivity contribution in [3.05, 3.63) is 18.2 Å². The summed E-state index contributed by atoms with van der Waals surface area (Å²) in [6.45, 7) is 2.26. The summed E-state index contributed by atoms with van der Waals surface area (Å²) in [5.41, 5.74) is 7.12. The second-order valence-electron chi connectivity index (χ2n) is 4.98. The second-order valence-corrected chi connectivity index (χ2v) is 4.98. The Morgan fingerprint density at radius 1 is 1.18 bits per heavy atom. The third kappa shape index (κ3) is 5.87. The molecule has 0 saturated heterocycles. The number of aryl methyl sites for hydroxylation is 1. The molecule has 1 aromatic rings. The second kappa shape index (κ2) is 8.29. The van der Waals surface area contributed by atoms with Gasteiger partial charge in [-0.2, -0.15) is 0 Å². The topological polar surface area (TPSA) is 43.8 Å². The maximum absolute atomic E-state index is 6.09. The van der Waals surface area contributed by atoms with E-state index in [1.54, 1.807) is 0 Å². The van der Waals surface area contributed by atoms with E-state index in [9.17, 15) is 0 Å². The fourth-order valence-corrected chi connectivity index (χ4v) is 2.09. The first-order valence-corrected chi connectivity index (χ1v) is 6.97. The van der Waals surface area contributed by atoms with Gasteiger partial charge >= 0.3 is 0 Å². The van der Waals surface area contributed by atoms with Crippen molar-refractivity contribution in [2.24, 2.45) is 12.8 Å². The number of rotatable bonds is 9. The molecular weight excluding hydrogens is 210 g/mol. The van der Waals surface area contributed by atoms with E-state index >= 15 is 0 Å². The van der Waals surface area contributed by atoms with Crippen LogP contribution in [0.5, 0.6) is 0 Å². The predicted molar refractivity (Wildman–Crippen MR) is 72.7 cm³/mol. The van der Waals surface area contributed by atoms with Crippen LogP contribution in [0.1, 0.15) is 70.0 Å². The van der Waals surface area contributed by atoms with Gasteiger partial charge in [0.2, 0.25) is 0 Å². The lowest BCUT2D eigenvalue weighted by molar-refractivity contribution is 0.536. The highest BCUT2D eigenvalue weighted by atomic mass is 15.0. The molecule has 0 aliphatic heterocycles. The predicted octanol–water partition coefficient (Wildman–Crippen LogP) is 3.56. The molecule has 1 unspecified atom stereocenters. The fraction of sp³-hybridized carbons (Fsp3) is 0.786. The van der Waals surface area contributed by atoms with Gasteiger partial charge in [-0.25, -0.2) is 4.98 Å². The normalized spacial score (nSPS) is 12.9. The molecule has 0 aliphatic rings. The minimum absolute atomic E-state index is 0.117. The highest BCUT2D eigenvalue weighted by Crippen LogP contribution is 2.16. The Bertz CT molecular complexity index is 293. The van der Waals surface area contributed by atoms with Crippen LogP contribution >= 0.6 is 0 Å². The quantitative estimate of drug-likeness (QED) is 0.667. The molecule has 0 amide bonds. The van der Waals surface area contributed by atoms with E-state index in [0.29, 0.717) is 0 Å². The Kier molecular flexibility index (Phi) is 6.94. The number of hydrogen-bond donors (Lipinski definition) is 1. The van der Waals surface area contributed by atoms with Crippen LogP contribution in [0.4, 0.5) is 0 Å². The summed E-state index contributed by atoms with van der Waals surface area (Å²) in [5, 5.41) is 0. The summed E-state index contributed by atoms with van der Waals surface area (Å²) in [4.78, 5) is 4.29. The van der Waals surface area contributed by atoms with Gasteiger partial charge in [0.15, 0.2) is 0 Å². The molecule has 17 heavy (non-hydrogen) atoms. The number of unbranched alkanes of at least 4 members (excludes halogenated alkanes) is 6. The van der Waals surface area contributed by atoms with Gasteiger partial charge in [0.05, 0.1) is 12.0 Å². The molecule has 0 aromatic carbocycles. The largest absolute Gasteiger partial charge is 0.340 e. The van der Waals surface area contributed by atoms with Crippen LogP contribution in [-0.2, 0) is 7.05 Å². The van der Waals surface area contributed by atoms with E-state index in [1.165, 1.54) is 44.9 Å². The van der Waals surface area contributed by atoms with Crippen LogP contribution in [0, 0.1) is 0 Å². The van der Waals surface area contributed by atoms with Crippen LogP contribution in [-0.4, -0.2) is 9.55 Å². The van der Waals surface area contributed by atoms with E-state index in [4.69, 9.17) is 5.73 Å². The molecule has 1 heterocycles. The van der Waals surface area contributed by atoms with Gasteiger partial charge in [-0.3, -0.25) is 0 Å². The molecule has 1 atom stereocenters. The van der Waals surface area contributed by atoms with Gasteiger partial charge in [0.25, 0.3) is 0 Å². The van der Waals surface area contributed by atoms with Gasteiger partial charge < -0.3 is 10.3 Å². The highest BCUT2D eigenvalue weighted by Gasteiger charge is 2.07. The van der Waals surface area contributed by atoms with Crippen molar-refractivity contribution in [2.75, 3.05) is 0 Å². The molecule has 3 nitrogen and oxygen atoms in total. The first-order valence-electron chi connectivity index (χ1n) is 6.97. The summed E-state index contributed by atoms with van der Waals surface area (Å²) in [5.74, 6) is 0. The van der Waals surface area contributed by atoms with E-state index in [1.807, 2.05) is 24.1 Å². The average molecular weight is 237 g/mol. The lowest BCUT2D eigenvalue weighted by atomic mass is 10.0. The molecule has 1 rings (SSSR count). The Morgan fingerprint density at radius 2 is 1.82 bits per heavy atom. The summed E-state index contributed by atoms with van der Waals surface area (Å²) in [7, 11) is 1.98. The summed E-state index contributed by atoms with van der Waals surface area (Å²) in [6, 6.07) is 0.117. The summed E-state index contributed by atoms with van der Waals surface area (Å²) >= 11 is 0. The van der Waals surface area contributed by atoms with Crippen molar-refractivity contribution in [3.63, 3.8) is 0 Å². The number of nitrogens with two attached hydrogens (primary N) is 1. The van der Waals surface area contributed by atoms with E-state index in [0.717, 1.165) is 12.1 Å². The maximum Gasteiger partial charge on any atom is 0.0947 e. The highest BCUT2D eigenvalue weighted by molar-refractivity contribution is 5.02. The van der Waals surface area contributed by atoms with Crippen LogP contribution in [0.15, 0.2) is 12.5 Å². The van der Waals surface area contributed by atoms with Crippen molar-refractivity contribution in [1.29, 1.82) is 0 Å². The molecule has 0 radical (unpaired) electrons. The number of hydrogen-bond acceptors (Lipinski definition) is 2. The van der Waals surface area contributed by atoms with Crippen LogP contribution in [0.25, 0.3) is 0 Å². The first-order chi connectivity index (χ1) is 8.24. The van der Waals surface area contributed by atoms with Crippen molar-refractivity contribution in [2.45, 2.75) is 64.3 Å². The Hall–Kier alpha value is -0.830. The van der Waals surface area contributed by atoms with E-state index in [2.05, 4.69) is 11.9 Å². The SMILES string of the molecule is CCCCCCCCCC(N)c1cn(C)cn1. The molecule has 0 bridgehead atoms. The zero-order chi connectivity index (χ0) is 12.5. The van der Waals surface area contributed by atoms with Crippen molar-refractivity contribution < 1.29 is 0 Å². The van der Waals surface area contributed by atoms with Crippen LogP contribution in [0.2, 0.25) is 0 Å². The van der Waals surface area contributed by atoms with Gasteiger partial charge in [0.1, 0.15) is 0 Å². The van der Waals surface area contributed by atoms with Crippen molar-refractivity contribution >= 4 is 0 Å². The van der Waals surface area contributed by atoms with E-state index in [-0.39, 0.29) is 6.04 Å². The van der Waals surface area contributed by atoms with Gasteiger partial charge in [-0.1, -0.05) is 51.9 Å². The number of imidazole rings is 1. The fourth-order valence-electron chi connectivity index (χ4n) is 2.09. The minimum atomic E-state index is 0.117. The lowest BCUT2D eigenvalue weighted by Gasteiger charge is -2.08. The monoisotopic (exact) mass is 237 g/mol. The Balaban J connectivity index is 2.03. The van der Waals surface area contributed by atoms with Gasteiger partial charge in [-0.05, 0) is 6.42 Å². The maximum atomic E-state index is 6.09. The molecule has 2 N–H and O–H groups in total. The number of nitrogens with zero attached hydrogens (tertiary/aromatic N) is 2. The van der Waals surface area contributed by atoms with Crippen LogP contribution < -0.4 is 5.73 Å². The molecule has 0 saturated carbocycles. The number of aromatic nitrogens is 2. The third-order valence-corrected chi connectivity index (χ3v) is 3.22. The molecule has 3 heteroatoms. The zero-order valence-corrected chi connectivity index (χ0v) is 11.4. The zero-order valence-electron chi connectivity index (χ0n) is 11.4. The Labute approximate surface area is 105 Å². The molecule has 0 spiro atoms. The summed E-state index contributed by atoms with van der Waals surface area (Å²) in [6.07, 6.45) is 14.3. The molecule has 0 aliphatic carbocycles.